The molecule has 1 aliphatic carbocycles. The van der Waals surface area contributed by atoms with Crippen LogP contribution in [-0.2, 0) is 20.5 Å². The van der Waals surface area contributed by atoms with Gasteiger partial charge in [0.15, 0.2) is 0 Å². The first-order valence-corrected chi connectivity index (χ1v) is 9.81. The van der Waals surface area contributed by atoms with Crippen molar-refractivity contribution in [1.29, 1.82) is 0 Å². The Morgan fingerprint density at radius 3 is 1.96 bits per heavy atom. The first-order chi connectivity index (χ1) is 13.4. The van der Waals surface area contributed by atoms with Gasteiger partial charge >= 0.3 is 0 Å². The summed E-state index contributed by atoms with van der Waals surface area (Å²) < 4.78 is 12.5. The van der Waals surface area contributed by atoms with Gasteiger partial charge in [-0.3, -0.25) is 0 Å². The van der Waals surface area contributed by atoms with E-state index in [1.54, 1.807) is 14.2 Å². The van der Waals surface area contributed by atoms with Crippen LogP contribution in [0.1, 0.15) is 49.1 Å². The van der Waals surface area contributed by atoms with E-state index in [-0.39, 0.29) is 11.5 Å². The third kappa shape index (κ3) is 2.71. The minimum Gasteiger partial charge on any atom is -0.373 e. The molecule has 0 saturated heterocycles. The Morgan fingerprint density at radius 1 is 0.750 bits per heavy atom. The molecule has 0 saturated carbocycles. The Bertz CT molecular complexity index is 982. The van der Waals surface area contributed by atoms with Gasteiger partial charge in [-0.2, -0.15) is 0 Å². The summed E-state index contributed by atoms with van der Waals surface area (Å²) in [6.45, 7) is 6.70. The van der Waals surface area contributed by atoms with E-state index < -0.39 is 5.60 Å². The first kappa shape index (κ1) is 18.9. The Balaban J connectivity index is 1.99. The van der Waals surface area contributed by atoms with E-state index in [9.17, 15) is 0 Å². The van der Waals surface area contributed by atoms with Crippen molar-refractivity contribution in [1.82, 2.24) is 0 Å². The smallest absolute Gasteiger partial charge is 0.148 e. The lowest BCUT2D eigenvalue weighted by atomic mass is 9.69. The average molecular weight is 373 g/mol. The predicted molar refractivity (Wildman–Crippen MR) is 115 cm³/mol. The molecule has 2 atom stereocenters. The van der Waals surface area contributed by atoms with Gasteiger partial charge in [-0.05, 0) is 38.8 Å². The van der Waals surface area contributed by atoms with Crippen molar-refractivity contribution in [3.63, 3.8) is 0 Å². The first-order valence-electron chi connectivity index (χ1n) is 9.81. The maximum Gasteiger partial charge on any atom is 0.148 e. The molecule has 0 spiro atoms. The maximum absolute atomic E-state index is 6.35. The predicted octanol–water partition coefficient (Wildman–Crippen LogP) is 6.24. The van der Waals surface area contributed by atoms with Gasteiger partial charge in [0.25, 0.3) is 0 Å². The Labute approximate surface area is 168 Å². The zero-order valence-corrected chi connectivity index (χ0v) is 17.3. The van der Waals surface area contributed by atoms with Gasteiger partial charge in [-0.15, -0.1) is 0 Å². The monoisotopic (exact) mass is 372 g/mol. The highest BCUT2D eigenvalue weighted by Gasteiger charge is 2.49. The molecule has 0 aliphatic heterocycles. The minimum atomic E-state index is -0.698. The summed E-state index contributed by atoms with van der Waals surface area (Å²) in [6.07, 6.45) is -0.232. The third-order valence-electron chi connectivity index (χ3n) is 5.97. The van der Waals surface area contributed by atoms with Crippen molar-refractivity contribution in [3.8, 4) is 11.1 Å². The van der Waals surface area contributed by atoms with Crippen molar-refractivity contribution in [2.45, 2.75) is 37.9 Å². The second-order valence-electron chi connectivity index (χ2n) is 8.52. The molecular weight excluding hydrogens is 344 g/mol. The third-order valence-corrected chi connectivity index (χ3v) is 5.97. The van der Waals surface area contributed by atoms with E-state index in [4.69, 9.17) is 9.47 Å². The van der Waals surface area contributed by atoms with Gasteiger partial charge in [0.1, 0.15) is 11.7 Å². The molecule has 4 rings (SSSR count). The number of benzene rings is 3. The molecule has 0 bridgehead atoms. The lowest BCUT2D eigenvalue weighted by Crippen LogP contribution is -2.41. The van der Waals surface area contributed by atoms with Gasteiger partial charge in [-0.1, -0.05) is 93.6 Å². The number of rotatable bonds is 3. The molecule has 0 radical (unpaired) electrons. The summed E-state index contributed by atoms with van der Waals surface area (Å²) in [5.41, 5.74) is 6.54. The molecule has 1 aliphatic rings. The van der Waals surface area contributed by atoms with E-state index >= 15 is 0 Å². The molecule has 0 fully saturated rings. The number of fused-ring (bicyclic) bond motifs is 3. The molecule has 28 heavy (non-hydrogen) atoms. The summed E-state index contributed by atoms with van der Waals surface area (Å²) in [6, 6.07) is 25.8. The van der Waals surface area contributed by atoms with E-state index in [1.807, 2.05) is 0 Å². The summed E-state index contributed by atoms with van der Waals surface area (Å²) >= 11 is 0. The summed E-state index contributed by atoms with van der Waals surface area (Å²) in [5, 5.41) is 0. The van der Waals surface area contributed by atoms with Crippen molar-refractivity contribution in [3.05, 3.63) is 95.1 Å². The number of hydrogen-bond acceptors (Lipinski definition) is 2. The van der Waals surface area contributed by atoms with Crippen LogP contribution in [0.25, 0.3) is 11.1 Å². The fourth-order valence-corrected chi connectivity index (χ4v) is 4.53. The van der Waals surface area contributed by atoms with Crippen LogP contribution < -0.4 is 0 Å². The zero-order chi connectivity index (χ0) is 19.9. The summed E-state index contributed by atoms with van der Waals surface area (Å²) in [5.74, 6) is 0. The van der Waals surface area contributed by atoms with Crippen molar-refractivity contribution < 1.29 is 9.47 Å². The summed E-state index contributed by atoms with van der Waals surface area (Å²) in [4.78, 5) is 0. The molecule has 144 valence electrons. The molecule has 2 heteroatoms. The Hall–Kier alpha value is -2.42. The van der Waals surface area contributed by atoms with Crippen molar-refractivity contribution in [2.75, 3.05) is 14.2 Å². The Kier molecular flexibility index (Phi) is 4.65. The van der Waals surface area contributed by atoms with E-state index in [1.165, 1.54) is 16.7 Å². The Morgan fingerprint density at radius 2 is 1.36 bits per heavy atom. The minimum absolute atomic E-state index is 0.108. The van der Waals surface area contributed by atoms with Crippen LogP contribution in [0.15, 0.2) is 72.8 Å². The second kappa shape index (κ2) is 6.88. The van der Waals surface area contributed by atoms with Crippen LogP contribution in [0, 0.1) is 0 Å². The van der Waals surface area contributed by atoms with Crippen LogP contribution >= 0.6 is 0 Å². The molecular formula is C26H28O2. The normalized spacial score (nSPS) is 21.1. The van der Waals surface area contributed by atoms with E-state index in [0.717, 1.165) is 16.7 Å². The number of methoxy groups -OCH3 is 2. The van der Waals surface area contributed by atoms with E-state index in [2.05, 4.69) is 93.6 Å². The zero-order valence-electron chi connectivity index (χ0n) is 17.3. The molecule has 2 nitrogen and oxygen atoms in total. The molecule has 2 unspecified atom stereocenters. The lowest BCUT2D eigenvalue weighted by molar-refractivity contribution is -0.101. The molecule has 3 aromatic rings. The SMILES string of the molecule is COC1c2ccccc2-c2ccccc2C1(OC)c1ccc(C(C)(C)C)cc1. The largest absolute Gasteiger partial charge is 0.373 e. The average Bonchev–Trinajstić information content (AvgIpc) is 2.72. The van der Waals surface area contributed by atoms with Crippen LogP contribution in [0.4, 0.5) is 0 Å². The topological polar surface area (TPSA) is 18.5 Å². The van der Waals surface area contributed by atoms with Gasteiger partial charge in [0.2, 0.25) is 0 Å². The quantitative estimate of drug-likeness (QED) is 0.541. The van der Waals surface area contributed by atoms with Crippen molar-refractivity contribution >= 4 is 0 Å². The molecule has 0 amide bonds. The van der Waals surface area contributed by atoms with Crippen molar-refractivity contribution in [2.24, 2.45) is 0 Å². The fraction of sp³-hybridized carbons (Fsp3) is 0.308. The van der Waals surface area contributed by atoms with Gasteiger partial charge < -0.3 is 9.47 Å². The van der Waals surface area contributed by atoms with Crippen LogP contribution in [-0.4, -0.2) is 14.2 Å². The van der Waals surface area contributed by atoms with Crippen LogP contribution in [0.2, 0.25) is 0 Å². The number of hydrogen-bond donors (Lipinski definition) is 0. The highest BCUT2D eigenvalue weighted by atomic mass is 16.5. The standard InChI is InChI=1S/C26H28O2/c1-25(2,3)18-14-16-19(17-15-18)26(28-5)23-13-9-8-11-21(23)20-10-6-7-12-22(20)24(26)27-4/h6-17,24H,1-5H3. The fourth-order valence-electron chi connectivity index (χ4n) is 4.53. The second-order valence-corrected chi connectivity index (χ2v) is 8.52. The molecule has 0 heterocycles. The van der Waals surface area contributed by atoms with Crippen LogP contribution in [0.3, 0.4) is 0 Å². The molecule has 3 aromatic carbocycles. The van der Waals surface area contributed by atoms with Gasteiger partial charge in [0, 0.05) is 14.2 Å². The van der Waals surface area contributed by atoms with Gasteiger partial charge in [0.05, 0.1) is 0 Å². The van der Waals surface area contributed by atoms with E-state index in [0.29, 0.717) is 0 Å². The highest BCUT2D eigenvalue weighted by Crippen LogP contribution is 2.54. The molecule has 0 N–H and O–H groups in total. The summed E-state index contributed by atoms with van der Waals surface area (Å²) in [7, 11) is 3.56. The number of ether oxygens (including phenoxy) is 2. The maximum atomic E-state index is 6.35. The lowest BCUT2D eigenvalue weighted by Gasteiger charge is -2.45. The molecule has 0 aromatic heterocycles. The highest BCUT2D eigenvalue weighted by molar-refractivity contribution is 5.77. The van der Waals surface area contributed by atoms with Crippen LogP contribution in [0.5, 0.6) is 0 Å². The van der Waals surface area contributed by atoms with Gasteiger partial charge in [-0.25, -0.2) is 0 Å².